The molecule has 6 nitrogen and oxygen atoms in total. The van der Waals surface area contributed by atoms with Crippen LogP contribution < -0.4 is 0 Å². The van der Waals surface area contributed by atoms with Crippen molar-refractivity contribution in [2.24, 2.45) is 0 Å². The standard InChI is InChI=1S/C9H13N3O3/c13-5-1-2-7-11-10-6-12(7)9(3-4-9)8(14)15/h6,13H,1-5H2,(H,14,15). The summed E-state index contributed by atoms with van der Waals surface area (Å²) < 4.78 is 1.63. The molecule has 0 aliphatic heterocycles. The van der Waals surface area contributed by atoms with Gasteiger partial charge in [-0.3, -0.25) is 0 Å². The lowest BCUT2D eigenvalue weighted by Gasteiger charge is -2.13. The summed E-state index contributed by atoms with van der Waals surface area (Å²) in [6.07, 6.45) is 3.87. The molecule has 1 aromatic heterocycles. The highest BCUT2D eigenvalue weighted by atomic mass is 16.4. The van der Waals surface area contributed by atoms with Gasteiger partial charge in [-0.05, 0) is 19.3 Å². The van der Waals surface area contributed by atoms with E-state index in [1.165, 1.54) is 6.33 Å². The van der Waals surface area contributed by atoms with Crippen LogP contribution in [0.5, 0.6) is 0 Å². The second kappa shape index (κ2) is 3.62. The van der Waals surface area contributed by atoms with Crippen LogP contribution in [0.3, 0.4) is 0 Å². The molecule has 0 saturated heterocycles. The summed E-state index contributed by atoms with van der Waals surface area (Å²) in [7, 11) is 0. The predicted molar refractivity (Wildman–Crippen MR) is 50.3 cm³/mol. The van der Waals surface area contributed by atoms with Crippen LogP contribution in [0, 0.1) is 0 Å². The number of aliphatic hydroxyl groups is 1. The SMILES string of the molecule is O=C(O)C1(n2cnnc2CCCO)CC1. The second-order valence-corrected chi connectivity index (χ2v) is 3.78. The van der Waals surface area contributed by atoms with Gasteiger partial charge in [-0.15, -0.1) is 10.2 Å². The minimum absolute atomic E-state index is 0.0763. The number of carbonyl (C=O) groups is 1. The first-order chi connectivity index (χ1) is 7.20. The summed E-state index contributed by atoms with van der Waals surface area (Å²) >= 11 is 0. The van der Waals surface area contributed by atoms with E-state index in [1.54, 1.807) is 4.57 Å². The van der Waals surface area contributed by atoms with Gasteiger partial charge in [0, 0.05) is 13.0 Å². The third kappa shape index (κ3) is 1.61. The number of aryl methyl sites for hydroxylation is 1. The molecule has 1 saturated carbocycles. The number of aliphatic hydroxyl groups excluding tert-OH is 1. The molecule has 1 fully saturated rings. The second-order valence-electron chi connectivity index (χ2n) is 3.78. The van der Waals surface area contributed by atoms with Crippen molar-refractivity contribution in [3.63, 3.8) is 0 Å². The number of aromatic nitrogens is 3. The van der Waals surface area contributed by atoms with Gasteiger partial charge in [0.1, 0.15) is 17.7 Å². The third-order valence-electron chi connectivity index (χ3n) is 2.76. The molecule has 1 aliphatic rings. The van der Waals surface area contributed by atoms with Crippen molar-refractivity contribution in [3.8, 4) is 0 Å². The Morgan fingerprint density at radius 2 is 2.33 bits per heavy atom. The van der Waals surface area contributed by atoms with Gasteiger partial charge in [-0.1, -0.05) is 0 Å². The largest absolute Gasteiger partial charge is 0.479 e. The Bertz CT molecular complexity index is 370. The molecule has 0 amide bonds. The van der Waals surface area contributed by atoms with E-state index in [2.05, 4.69) is 10.2 Å². The number of hydrogen-bond donors (Lipinski definition) is 2. The van der Waals surface area contributed by atoms with E-state index in [-0.39, 0.29) is 6.61 Å². The van der Waals surface area contributed by atoms with Gasteiger partial charge in [-0.25, -0.2) is 4.79 Å². The van der Waals surface area contributed by atoms with Crippen LogP contribution in [0.2, 0.25) is 0 Å². The quantitative estimate of drug-likeness (QED) is 0.702. The van der Waals surface area contributed by atoms with E-state index in [0.717, 1.165) is 0 Å². The Hall–Kier alpha value is -1.43. The highest BCUT2D eigenvalue weighted by Gasteiger charge is 2.53. The fourth-order valence-electron chi connectivity index (χ4n) is 1.70. The Labute approximate surface area is 86.6 Å². The van der Waals surface area contributed by atoms with Crippen LogP contribution in [0.25, 0.3) is 0 Å². The normalized spacial score (nSPS) is 17.7. The zero-order chi connectivity index (χ0) is 10.9. The average molecular weight is 211 g/mol. The summed E-state index contributed by atoms with van der Waals surface area (Å²) in [6.45, 7) is 0.0763. The summed E-state index contributed by atoms with van der Waals surface area (Å²) in [4.78, 5) is 11.1. The first-order valence-electron chi connectivity index (χ1n) is 4.94. The zero-order valence-corrected chi connectivity index (χ0v) is 8.26. The van der Waals surface area contributed by atoms with Crippen LogP contribution in [-0.4, -0.2) is 37.6 Å². The molecule has 0 spiro atoms. The van der Waals surface area contributed by atoms with Gasteiger partial charge in [0.25, 0.3) is 0 Å². The number of aliphatic carboxylic acids is 1. The molecule has 0 atom stereocenters. The van der Waals surface area contributed by atoms with Crippen molar-refractivity contribution in [1.82, 2.24) is 14.8 Å². The smallest absolute Gasteiger partial charge is 0.329 e. The van der Waals surface area contributed by atoms with Crippen molar-refractivity contribution in [2.75, 3.05) is 6.61 Å². The summed E-state index contributed by atoms with van der Waals surface area (Å²) in [5.74, 6) is -0.184. The fourth-order valence-corrected chi connectivity index (χ4v) is 1.70. The van der Waals surface area contributed by atoms with Crippen molar-refractivity contribution in [1.29, 1.82) is 0 Å². The molecular weight excluding hydrogens is 198 g/mol. The number of carboxylic acid groups (broad SMARTS) is 1. The average Bonchev–Trinajstić information content (AvgIpc) is 2.90. The topological polar surface area (TPSA) is 88.2 Å². The number of carboxylic acids is 1. The number of hydrogen-bond acceptors (Lipinski definition) is 4. The lowest BCUT2D eigenvalue weighted by molar-refractivity contribution is -0.142. The van der Waals surface area contributed by atoms with Crippen LogP contribution >= 0.6 is 0 Å². The Morgan fingerprint density at radius 1 is 1.60 bits per heavy atom. The van der Waals surface area contributed by atoms with E-state index in [9.17, 15) is 4.79 Å². The minimum atomic E-state index is -0.826. The van der Waals surface area contributed by atoms with Crippen molar-refractivity contribution in [2.45, 2.75) is 31.2 Å². The maximum Gasteiger partial charge on any atom is 0.329 e. The molecule has 2 rings (SSSR count). The molecular formula is C9H13N3O3. The summed E-state index contributed by atoms with van der Waals surface area (Å²) in [6, 6.07) is 0. The van der Waals surface area contributed by atoms with Gasteiger partial charge in [0.2, 0.25) is 0 Å². The molecule has 1 aliphatic carbocycles. The molecule has 1 heterocycles. The third-order valence-corrected chi connectivity index (χ3v) is 2.76. The first kappa shape index (κ1) is 10.1. The number of nitrogens with zero attached hydrogens (tertiary/aromatic N) is 3. The Morgan fingerprint density at radius 3 is 2.87 bits per heavy atom. The lowest BCUT2D eigenvalue weighted by Crippen LogP contribution is -2.28. The molecule has 6 heteroatoms. The molecule has 15 heavy (non-hydrogen) atoms. The van der Waals surface area contributed by atoms with Gasteiger partial charge in [0.05, 0.1) is 0 Å². The van der Waals surface area contributed by atoms with Crippen LogP contribution in [-0.2, 0) is 16.8 Å². The molecule has 2 N–H and O–H groups in total. The van der Waals surface area contributed by atoms with E-state index in [0.29, 0.717) is 31.5 Å². The van der Waals surface area contributed by atoms with E-state index in [4.69, 9.17) is 10.2 Å². The monoisotopic (exact) mass is 211 g/mol. The van der Waals surface area contributed by atoms with Crippen molar-refractivity contribution in [3.05, 3.63) is 12.2 Å². The molecule has 0 bridgehead atoms. The predicted octanol–water partition coefficient (Wildman–Crippen LogP) is -0.223. The fraction of sp³-hybridized carbons (Fsp3) is 0.667. The lowest BCUT2D eigenvalue weighted by atomic mass is 10.2. The summed E-state index contributed by atoms with van der Waals surface area (Å²) in [5, 5.41) is 25.4. The highest BCUT2D eigenvalue weighted by Crippen LogP contribution is 2.44. The van der Waals surface area contributed by atoms with Gasteiger partial charge in [-0.2, -0.15) is 0 Å². The minimum Gasteiger partial charge on any atom is -0.479 e. The Kier molecular flexibility index (Phi) is 2.44. The van der Waals surface area contributed by atoms with Gasteiger partial charge < -0.3 is 14.8 Å². The summed E-state index contributed by atoms with van der Waals surface area (Å²) in [5.41, 5.74) is -0.811. The maximum atomic E-state index is 11.1. The molecule has 0 radical (unpaired) electrons. The number of rotatable bonds is 5. The van der Waals surface area contributed by atoms with E-state index >= 15 is 0 Å². The van der Waals surface area contributed by atoms with Gasteiger partial charge in [0.15, 0.2) is 0 Å². The van der Waals surface area contributed by atoms with Gasteiger partial charge >= 0.3 is 5.97 Å². The van der Waals surface area contributed by atoms with Crippen LogP contribution in [0.15, 0.2) is 6.33 Å². The molecule has 1 aromatic rings. The van der Waals surface area contributed by atoms with Crippen LogP contribution in [0.4, 0.5) is 0 Å². The first-order valence-corrected chi connectivity index (χ1v) is 4.94. The van der Waals surface area contributed by atoms with Crippen molar-refractivity contribution >= 4 is 5.97 Å². The zero-order valence-electron chi connectivity index (χ0n) is 8.26. The molecule has 82 valence electrons. The van der Waals surface area contributed by atoms with E-state index in [1.807, 2.05) is 0 Å². The highest BCUT2D eigenvalue weighted by molar-refractivity contribution is 5.80. The van der Waals surface area contributed by atoms with Crippen LogP contribution in [0.1, 0.15) is 25.1 Å². The van der Waals surface area contributed by atoms with E-state index < -0.39 is 11.5 Å². The molecule has 0 unspecified atom stereocenters. The van der Waals surface area contributed by atoms with Crippen molar-refractivity contribution < 1.29 is 15.0 Å². The molecule has 0 aromatic carbocycles. The Balaban J connectivity index is 2.21. The maximum absolute atomic E-state index is 11.1.